The van der Waals surface area contributed by atoms with Crippen LogP contribution in [0.3, 0.4) is 0 Å². The summed E-state index contributed by atoms with van der Waals surface area (Å²) in [4.78, 5) is 14.4. The van der Waals surface area contributed by atoms with Crippen LogP contribution >= 0.6 is 0 Å². The van der Waals surface area contributed by atoms with E-state index in [1.54, 1.807) is 24.3 Å². The number of halogens is 3. The zero-order valence-corrected chi connectivity index (χ0v) is 17.1. The third-order valence-corrected chi connectivity index (χ3v) is 4.71. The number of rotatable bonds is 7. The summed E-state index contributed by atoms with van der Waals surface area (Å²) >= 11 is 0. The summed E-state index contributed by atoms with van der Waals surface area (Å²) in [6.07, 6.45) is -2.12. The molecule has 164 valence electrons. The molecule has 6 nitrogen and oxygen atoms in total. The number of benzene rings is 2. The van der Waals surface area contributed by atoms with E-state index in [1.165, 1.54) is 23.3 Å². The Kier molecular flexibility index (Phi) is 6.40. The summed E-state index contributed by atoms with van der Waals surface area (Å²) in [6, 6.07) is 13.4. The predicted octanol–water partition coefficient (Wildman–Crippen LogP) is 4.48. The van der Waals surface area contributed by atoms with Gasteiger partial charge in [0.1, 0.15) is 11.5 Å². The van der Waals surface area contributed by atoms with Crippen LogP contribution in [-0.2, 0) is 29.4 Å². The first kappa shape index (κ1) is 22.4. The van der Waals surface area contributed by atoms with Crippen molar-refractivity contribution in [3.8, 4) is 5.75 Å². The quantitative estimate of drug-likeness (QED) is 0.493. The van der Waals surface area contributed by atoms with Gasteiger partial charge in [-0.2, -0.15) is 21.6 Å². The van der Waals surface area contributed by atoms with Crippen LogP contribution in [0, 0.1) is 0 Å². The average Bonchev–Trinajstić information content (AvgIpc) is 3.20. The lowest BCUT2D eigenvalue weighted by Gasteiger charge is -2.22. The fourth-order valence-electron chi connectivity index (χ4n) is 2.82. The number of alkyl halides is 3. The highest BCUT2D eigenvalue weighted by molar-refractivity contribution is 7.86. The van der Waals surface area contributed by atoms with E-state index in [9.17, 15) is 26.4 Å². The number of hydrogen-bond acceptors (Lipinski definition) is 5. The van der Waals surface area contributed by atoms with Gasteiger partial charge in [-0.15, -0.1) is 0 Å². The van der Waals surface area contributed by atoms with Gasteiger partial charge in [-0.3, -0.25) is 4.79 Å². The third kappa shape index (κ3) is 6.35. The average molecular weight is 453 g/mol. The predicted molar refractivity (Wildman–Crippen MR) is 106 cm³/mol. The molecular formula is C21H18F3NO5S. The molecule has 0 aliphatic rings. The van der Waals surface area contributed by atoms with Crippen LogP contribution < -0.4 is 4.18 Å². The fourth-order valence-corrected chi connectivity index (χ4v) is 3.28. The Bertz CT molecular complexity index is 1120. The first-order valence-electron chi connectivity index (χ1n) is 8.98. The molecule has 3 aromatic rings. The van der Waals surface area contributed by atoms with Gasteiger partial charge in [0.15, 0.2) is 0 Å². The molecule has 0 bridgehead atoms. The van der Waals surface area contributed by atoms with Gasteiger partial charge in [0, 0.05) is 12.1 Å². The molecule has 0 aliphatic heterocycles. The number of carbonyl (C=O) groups is 1. The number of nitrogens with zero attached hydrogens (tertiary/aromatic N) is 1. The van der Waals surface area contributed by atoms with E-state index >= 15 is 0 Å². The molecule has 0 N–H and O–H groups in total. The van der Waals surface area contributed by atoms with E-state index in [0.29, 0.717) is 11.3 Å². The zero-order chi connectivity index (χ0) is 22.6. The van der Waals surface area contributed by atoms with Crippen molar-refractivity contribution in [3.63, 3.8) is 0 Å². The Morgan fingerprint density at radius 2 is 1.65 bits per heavy atom. The lowest BCUT2D eigenvalue weighted by Crippen LogP contribution is -2.30. The minimum atomic E-state index is -4.49. The van der Waals surface area contributed by atoms with Crippen molar-refractivity contribution in [2.75, 3.05) is 6.26 Å². The lowest BCUT2D eigenvalue weighted by molar-refractivity contribution is -0.137. The van der Waals surface area contributed by atoms with Crippen LogP contribution in [0.5, 0.6) is 5.75 Å². The van der Waals surface area contributed by atoms with Gasteiger partial charge in [-0.1, -0.05) is 12.1 Å². The van der Waals surface area contributed by atoms with Crippen molar-refractivity contribution in [2.45, 2.75) is 19.3 Å². The van der Waals surface area contributed by atoms with E-state index in [4.69, 9.17) is 8.60 Å². The number of hydrogen-bond donors (Lipinski definition) is 0. The van der Waals surface area contributed by atoms with E-state index in [-0.39, 0.29) is 24.4 Å². The highest BCUT2D eigenvalue weighted by atomic mass is 32.2. The first-order valence-corrected chi connectivity index (χ1v) is 10.8. The molecule has 31 heavy (non-hydrogen) atoms. The standard InChI is InChI=1S/C21H18F3NO5S/c1-31(27,28)30-18-10-4-15(5-11-18)13-25(14-19-3-2-12-29-19)20(26)16-6-8-17(9-7-16)21(22,23)24/h2-12H,13-14H2,1H3. The Hall–Kier alpha value is -3.27. The molecule has 0 spiro atoms. The molecule has 0 unspecified atom stereocenters. The highest BCUT2D eigenvalue weighted by Gasteiger charge is 2.30. The summed E-state index contributed by atoms with van der Waals surface area (Å²) in [7, 11) is -3.67. The molecular weight excluding hydrogens is 435 g/mol. The molecule has 0 saturated carbocycles. The van der Waals surface area contributed by atoms with E-state index in [1.807, 2.05) is 0 Å². The van der Waals surface area contributed by atoms with Crippen molar-refractivity contribution in [2.24, 2.45) is 0 Å². The Balaban J connectivity index is 1.82. The van der Waals surface area contributed by atoms with Crippen LogP contribution in [0.2, 0.25) is 0 Å². The molecule has 0 radical (unpaired) electrons. The van der Waals surface area contributed by atoms with E-state index in [0.717, 1.165) is 30.5 Å². The topological polar surface area (TPSA) is 76.8 Å². The second kappa shape index (κ2) is 8.84. The SMILES string of the molecule is CS(=O)(=O)Oc1ccc(CN(Cc2ccco2)C(=O)c2ccc(C(F)(F)F)cc2)cc1. The molecule has 1 amide bonds. The van der Waals surface area contributed by atoms with Crippen LogP contribution in [0.4, 0.5) is 13.2 Å². The Morgan fingerprint density at radius 1 is 1.00 bits per heavy atom. The number of amides is 1. The molecule has 2 aromatic carbocycles. The van der Waals surface area contributed by atoms with Crippen molar-refractivity contribution in [1.82, 2.24) is 4.90 Å². The maximum atomic E-state index is 13.0. The molecule has 0 saturated heterocycles. The third-order valence-electron chi connectivity index (χ3n) is 4.22. The van der Waals surface area contributed by atoms with Crippen LogP contribution in [-0.4, -0.2) is 25.5 Å². The molecule has 0 aliphatic carbocycles. The van der Waals surface area contributed by atoms with Gasteiger partial charge in [0.2, 0.25) is 0 Å². The summed E-state index contributed by atoms with van der Waals surface area (Å²) in [6.45, 7) is 0.203. The van der Waals surface area contributed by atoms with Gasteiger partial charge < -0.3 is 13.5 Å². The molecule has 3 rings (SSSR count). The first-order chi connectivity index (χ1) is 14.5. The minimum absolute atomic E-state index is 0.0917. The number of furan rings is 1. The second-order valence-corrected chi connectivity index (χ2v) is 8.32. The molecule has 1 heterocycles. The Labute approximate surface area is 177 Å². The van der Waals surface area contributed by atoms with Crippen molar-refractivity contribution < 1.29 is 35.0 Å². The normalized spacial score (nSPS) is 11.9. The van der Waals surface area contributed by atoms with Crippen LogP contribution in [0.25, 0.3) is 0 Å². The summed E-state index contributed by atoms with van der Waals surface area (Å²) in [5, 5.41) is 0. The Morgan fingerprint density at radius 3 is 2.16 bits per heavy atom. The monoisotopic (exact) mass is 453 g/mol. The zero-order valence-electron chi connectivity index (χ0n) is 16.3. The molecule has 1 aromatic heterocycles. The second-order valence-electron chi connectivity index (χ2n) is 6.75. The van der Waals surface area contributed by atoms with Crippen LogP contribution in [0.15, 0.2) is 71.3 Å². The van der Waals surface area contributed by atoms with Gasteiger partial charge in [0.05, 0.1) is 24.6 Å². The van der Waals surface area contributed by atoms with Gasteiger partial charge in [-0.05, 0) is 54.1 Å². The van der Waals surface area contributed by atoms with Gasteiger partial charge in [0.25, 0.3) is 5.91 Å². The summed E-state index contributed by atoms with van der Waals surface area (Å²) in [5.74, 6) is 0.136. The molecule has 10 heteroatoms. The highest BCUT2D eigenvalue weighted by Crippen LogP contribution is 2.29. The fraction of sp³-hybridized carbons (Fsp3) is 0.190. The maximum absolute atomic E-state index is 13.0. The maximum Gasteiger partial charge on any atom is 0.416 e. The summed E-state index contributed by atoms with van der Waals surface area (Å²) < 4.78 is 70.9. The minimum Gasteiger partial charge on any atom is -0.467 e. The molecule has 0 atom stereocenters. The van der Waals surface area contributed by atoms with Crippen molar-refractivity contribution in [3.05, 3.63) is 89.4 Å². The molecule has 0 fully saturated rings. The largest absolute Gasteiger partial charge is 0.467 e. The van der Waals surface area contributed by atoms with Gasteiger partial charge >= 0.3 is 16.3 Å². The van der Waals surface area contributed by atoms with Crippen molar-refractivity contribution >= 4 is 16.0 Å². The smallest absolute Gasteiger partial charge is 0.416 e. The van der Waals surface area contributed by atoms with E-state index in [2.05, 4.69) is 0 Å². The van der Waals surface area contributed by atoms with Crippen molar-refractivity contribution in [1.29, 1.82) is 0 Å². The van der Waals surface area contributed by atoms with E-state index < -0.39 is 27.8 Å². The summed E-state index contributed by atoms with van der Waals surface area (Å²) in [5.41, 5.74) is -0.0904. The van der Waals surface area contributed by atoms with Gasteiger partial charge in [-0.25, -0.2) is 0 Å². The number of carbonyl (C=O) groups excluding carboxylic acids is 1. The van der Waals surface area contributed by atoms with Crippen LogP contribution in [0.1, 0.15) is 27.2 Å². The lowest BCUT2D eigenvalue weighted by atomic mass is 10.1.